The van der Waals surface area contributed by atoms with Crippen molar-refractivity contribution >= 4 is 28.9 Å². The summed E-state index contributed by atoms with van der Waals surface area (Å²) in [5, 5.41) is 8.60. The number of aromatic nitrogens is 1. The molecule has 1 rings (SSSR count). The quantitative estimate of drug-likeness (QED) is 0.779. The second kappa shape index (κ2) is 3.19. The first-order valence-electron chi connectivity index (χ1n) is 3.03. The number of hydrogen-bond acceptors (Lipinski definition) is 3. The molecular weight excluding hydrogens is 186 g/mol. The number of rotatable bonds is 2. The van der Waals surface area contributed by atoms with Crippen LogP contribution in [0.2, 0.25) is 4.47 Å². The first-order chi connectivity index (χ1) is 5.15. The fraction of sp³-hybridized carbons (Fsp3) is 0.333. The van der Waals surface area contributed by atoms with Crippen molar-refractivity contribution in [2.75, 3.05) is 0 Å². The zero-order chi connectivity index (χ0) is 8.43. The molecule has 5 heteroatoms. The molecule has 0 fully saturated rings. The largest absolute Gasteiger partial charge is 0.476 e. The highest BCUT2D eigenvalue weighted by molar-refractivity contribution is 7.16. The number of carboxylic acid groups (broad SMARTS) is 1. The molecule has 0 aromatic carbocycles. The van der Waals surface area contributed by atoms with Gasteiger partial charge in [-0.2, -0.15) is 0 Å². The second-order valence-corrected chi connectivity index (χ2v) is 3.56. The first kappa shape index (κ1) is 8.49. The summed E-state index contributed by atoms with van der Waals surface area (Å²) in [7, 11) is 0. The Labute approximate surface area is 72.6 Å². The molecule has 0 aliphatic carbocycles. The summed E-state index contributed by atoms with van der Waals surface area (Å²) in [5.41, 5.74) is 0.0856. The first-order valence-corrected chi connectivity index (χ1v) is 4.23. The Bertz CT molecular complexity index is 284. The molecular formula is C6H6ClNO2S. The van der Waals surface area contributed by atoms with Crippen LogP contribution in [0.5, 0.6) is 0 Å². The van der Waals surface area contributed by atoms with E-state index in [2.05, 4.69) is 4.98 Å². The van der Waals surface area contributed by atoms with E-state index in [1.165, 1.54) is 11.3 Å². The molecule has 1 N–H and O–H groups in total. The molecule has 3 nitrogen and oxygen atoms in total. The van der Waals surface area contributed by atoms with Crippen LogP contribution in [0.15, 0.2) is 0 Å². The van der Waals surface area contributed by atoms with Gasteiger partial charge in [-0.1, -0.05) is 18.5 Å². The Morgan fingerprint density at radius 3 is 2.82 bits per heavy atom. The topological polar surface area (TPSA) is 50.2 Å². The van der Waals surface area contributed by atoms with Gasteiger partial charge in [-0.25, -0.2) is 9.78 Å². The fourth-order valence-electron chi connectivity index (χ4n) is 0.730. The lowest BCUT2D eigenvalue weighted by Crippen LogP contribution is -1.99. The van der Waals surface area contributed by atoms with Crippen LogP contribution in [0, 0.1) is 0 Å². The van der Waals surface area contributed by atoms with E-state index in [1.54, 1.807) is 0 Å². The molecule has 0 radical (unpaired) electrons. The minimum absolute atomic E-state index is 0.0856. The minimum Gasteiger partial charge on any atom is -0.476 e. The average Bonchev–Trinajstić information content (AvgIpc) is 2.30. The maximum absolute atomic E-state index is 10.5. The molecule has 0 bridgehead atoms. The molecule has 0 amide bonds. The van der Waals surface area contributed by atoms with Gasteiger partial charge in [0, 0.05) is 4.88 Å². The van der Waals surface area contributed by atoms with Gasteiger partial charge in [0.1, 0.15) is 0 Å². The summed E-state index contributed by atoms with van der Waals surface area (Å²) in [5.74, 6) is -1.01. The molecule has 11 heavy (non-hydrogen) atoms. The van der Waals surface area contributed by atoms with Crippen molar-refractivity contribution in [3.8, 4) is 0 Å². The van der Waals surface area contributed by atoms with E-state index in [1.807, 2.05) is 6.92 Å². The number of halogens is 1. The highest BCUT2D eigenvalue weighted by Gasteiger charge is 2.14. The van der Waals surface area contributed by atoms with Crippen molar-refractivity contribution in [3.05, 3.63) is 15.0 Å². The lowest BCUT2D eigenvalue weighted by atomic mass is 10.3. The van der Waals surface area contributed by atoms with Gasteiger partial charge in [-0.3, -0.25) is 0 Å². The van der Waals surface area contributed by atoms with Gasteiger partial charge in [0.15, 0.2) is 10.2 Å². The summed E-state index contributed by atoms with van der Waals surface area (Å²) in [6.07, 6.45) is 0.659. The van der Waals surface area contributed by atoms with Crippen molar-refractivity contribution < 1.29 is 9.90 Å². The van der Waals surface area contributed by atoms with Crippen LogP contribution in [0.1, 0.15) is 22.3 Å². The van der Waals surface area contributed by atoms with E-state index < -0.39 is 5.97 Å². The minimum atomic E-state index is -1.01. The maximum atomic E-state index is 10.5. The number of nitrogens with zero attached hydrogens (tertiary/aromatic N) is 1. The van der Waals surface area contributed by atoms with Crippen molar-refractivity contribution in [3.63, 3.8) is 0 Å². The van der Waals surface area contributed by atoms with E-state index in [0.29, 0.717) is 10.9 Å². The van der Waals surface area contributed by atoms with E-state index in [-0.39, 0.29) is 5.69 Å². The van der Waals surface area contributed by atoms with Crippen molar-refractivity contribution in [1.82, 2.24) is 4.98 Å². The highest BCUT2D eigenvalue weighted by Crippen LogP contribution is 2.22. The van der Waals surface area contributed by atoms with Gasteiger partial charge in [-0.05, 0) is 6.42 Å². The van der Waals surface area contributed by atoms with Crippen LogP contribution in [-0.4, -0.2) is 16.1 Å². The summed E-state index contributed by atoms with van der Waals surface area (Å²) >= 11 is 6.75. The molecule has 0 saturated carbocycles. The van der Waals surface area contributed by atoms with Crippen LogP contribution < -0.4 is 0 Å². The third-order valence-corrected chi connectivity index (χ3v) is 2.50. The van der Waals surface area contributed by atoms with Crippen molar-refractivity contribution in [1.29, 1.82) is 0 Å². The number of aryl methyl sites for hydroxylation is 1. The van der Waals surface area contributed by atoms with Gasteiger partial charge < -0.3 is 5.11 Å². The zero-order valence-electron chi connectivity index (χ0n) is 5.80. The molecule has 0 unspecified atom stereocenters. The number of thiazole rings is 1. The Hall–Kier alpha value is -0.610. The highest BCUT2D eigenvalue weighted by atomic mass is 35.5. The summed E-state index contributed by atoms with van der Waals surface area (Å²) < 4.78 is 0.291. The molecule has 1 aromatic rings. The summed E-state index contributed by atoms with van der Waals surface area (Å²) in [6, 6.07) is 0. The molecule has 0 aliphatic rings. The van der Waals surface area contributed by atoms with E-state index in [4.69, 9.17) is 16.7 Å². The van der Waals surface area contributed by atoms with Gasteiger partial charge in [0.25, 0.3) is 0 Å². The van der Waals surface area contributed by atoms with E-state index >= 15 is 0 Å². The maximum Gasteiger partial charge on any atom is 0.355 e. The van der Waals surface area contributed by atoms with Gasteiger partial charge in [0.2, 0.25) is 0 Å². The molecule has 1 aromatic heterocycles. The zero-order valence-corrected chi connectivity index (χ0v) is 7.37. The molecule has 0 atom stereocenters. The Morgan fingerprint density at radius 1 is 1.82 bits per heavy atom. The third-order valence-electron chi connectivity index (χ3n) is 1.19. The third kappa shape index (κ3) is 1.70. The Morgan fingerprint density at radius 2 is 2.45 bits per heavy atom. The predicted molar refractivity (Wildman–Crippen MR) is 43.5 cm³/mol. The molecule has 0 saturated heterocycles. The smallest absolute Gasteiger partial charge is 0.355 e. The van der Waals surface area contributed by atoms with Gasteiger partial charge >= 0.3 is 5.97 Å². The lowest BCUT2D eigenvalue weighted by Gasteiger charge is -1.89. The van der Waals surface area contributed by atoms with Gasteiger partial charge in [0.05, 0.1) is 0 Å². The molecule has 1 heterocycles. The van der Waals surface area contributed by atoms with Crippen molar-refractivity contribution in [2.24, 2.45) is 0 Å². The molecule has 60 valence electrons. The van der Waals surface area contributed by atoms with Crippen LogP contribution in [0.4, 0.5) is 0 Å². The molecule has 0 spiro atoms. The SMILES string of the molecule is CCc1sc(Cl)nc1C(=O)O. The van der Waals surface area contributed by atoms with E-state index in [9.17, 15) is 4.79 Å². The standard InChI is InChI=1S/C6H6ClNO2S/c1-2-3-4(5(9)10)8-6(7)11-3/h2H2,1H3,(H,9,10). The Balaban J connectivity index is 3.12. The number of aromatic carboxylic acids is 1. The number of hydrogen-bond donors (Lipinski definition) is 1. The summed E-state index contributed by atoms with van der Waals surface area (Å²) in [6.45, 7) is 1.87. The van der Waals surface area contributed by atoms with Crippen LogP contribution >= 0.6 is 22.9 Å². The summed E-state index contributed by atoms with van der Waals surface area (Å²) in [4.78, 5) is 14.9. The number of carbonyl (C=O) groups is 1. The lowest BCUT2D eigenvalue weighted by molar-refractivity contribution is 0.0690. The van der Waals surface area contributed by atoms with Crippen LogP contribution in [0.25, 0.3) is 0 Å². The van der Waals surface area contributed by atoms with Gasteiger partial charge in [-0.15, -0.1) is 11.3 Å². The Kier molecular flexibility index (Phi) is 2.46. The van der Waals surface area contributed by atoms with E-state index in [0.717, 1.165) is 4.88 Å². The average molecular weight is 192 g/mol. The molecule has 0 aliphatic heterocycles. The predicted octanol–water partition coefficient (Wildman–Crippen LogP) is 2.06. The van der Waals surface area contributed by atoms with Crippen LogP contribution in [-0.2, 0) is 6.42 Å². The normalized spacial score (nSPS) is 10.0. The number of carboxylic acids is 1. The van der Waals surface area contributed by atoms with Crippen molar-refractivity contribution in [2.45, 2.75) is 13.3 Å². The fourth-order valence-corrected chi connectivity index (χ4v) is 1.81. The monoisotopic (exact) mass is 191 g/mol. The second-order valence-electron chi connectivity index (χ2n) is 1.90. The van der Waals surface area contributed by atoms with Crippen LogP contribution in [0.3, 0.4) is 0 Å².